The number of nitrogens with two attached hydrogens (primary N) is 1. The summed E-state index contributed by atoms with van der Waals surface area (Å²) in [5, 5.41) is 6.62. The van der Waals surface area contributed by atoms with E-state index in [0.29, 0.717) is 12.0 Å². The minimum absolute atomic E-state index is 0.256. The smallest absolute Gasteiger partial charge is 0.253 e. The molecule has 0 aliphatic rings. The summed E-state index contributed by atoms with van der Waals surface area (Å²) in [4.78, 5) is 25.2. The van der Waals surface area contributed by atoms with Gasteiger partial charge in [0.15, 0.2) is 0 Å². The average Bonchev–Trinajstić information content (AvgIpc) is 2.73. The first-order valence-corrected chi connectivity index (χ1v) is 10.2. The Morgan fingerprint density at radius 2 is 1.52 bits per heavy atom. The summed E-state index contributed by atoms with van der Waals surface area (Å²) in [6, 6.07) is 17.0. The third kappa shape index (κ3) is 5.02. The highest BCUT2D eigenvalue weighted by atomic mass is 16.2. The van der Waals surface area contributed by atoms with E-state index in [0.717, 1.165) is 53.6 Å². The van der Waals surface area contributed by atoms with Crippen LogP contribution in [0.1, 0.15) is 48.9 Å². The fraction of sp³-hybridized carbons (Fsp3) is 0.280. The normalized spacial score (nSPS) is 12.0. The number of rotatable bonds is 10. The molecule has 150 valence electrons. The molecule has 0 aromatic heterocycles. The van der Waals surface area contributed by atoms with E-state index < -0.39 is 11.9 Å². The van der Waals surface area contributed by atoms with Crippen LogP contribution in [0.5, 0.6) is 0 Å². The van der Waals surface area contributed by atoms with Gasteiger partial charge in [-0.3, -0.25) is 9.59 Å². The molecule has 0 saturated carbocycles. The second-order valence-electron chi connectivity index (χ2n) is 7.40. The van der Waals surface area contributed by atoms with Crippen molar-refractivity contribution in [3.05, 3.63) is 72.8 Å². The van der Waals surface area contributed by atoms with Crippen molar-refractivity contribution in [2.75, 3.05) is 0 Å². The molecule has 4 nitrogen and oxygen atoms in total. The van der Waals surface area contributed by atoms with Crippen LogP contribution in [0.15, 0.2) is 67.3 Å². The van der Waals surface area contributed by atoms with Gasteiger partial charge in [-0.15, -0.1) is 6.58 Å². The van der Waals surface area contributed by atoms with Crippen molar-refractivity contribution in [3.63, 3.8) is 0 Å². The molecule has 0 spiro atoms. The van der Waals surface area contributed by atoms with Gasteiger partial charge in [0.2, 0.25) is 5.91 Å². The summed E-state index contributed by atoms with van der Waals surface area (Å²) in [5.41, 5.74) is 6.18. The highest BCUT2D eigenvalue weighted by Crippen LogP contribution is 2.28. The molecule has 3 aromatic carbocycles. The minimum atomic E-state index is -0.667. The van der Waals surface area contributed by atoms with Gasteiger partial charge in [0.25, 0.3) is 5.91 Å². The Kier molecular flexibility index (Phi) is 7.01. The number of carbonyl (C=O) groups is 2. The van der Waals surface area contributed by atoms with E-state index in [-0.39, 0.29) is 5.91 Å². The van der Waals surface area contributed by atoms with Crippen LogP contribution in [0.3, 0.4) is 0 Å². The Labute approximate surface area is 171 Å². The summed E-state index contributed by atoms with van der Waals surface area (Å²) >= 11 is 0. The van der Waals surface area contributed by atoms with Gasteiger partial charge in [0.05, 0.1) is 5.56 Å². The van der Waals surface area contributed by atoms with Crippen molar-refractivity contribution in [1.29, 1.82) is 0 Å². The summed E-state index contributed by atoms with van der Waals surface area (Å²) in [6.07, 6.45) is 7.51. The minimum Gasteiger partial charge on any atom is -0.368 e. The number of fused-ring (bicyclic) bond motifs is 2. The number of carbonyl (C=O) groups excluding carboxylic acids is 2. The van der Waals surface area contributed by atoms with Crippen molar-refractivity contribution < 1.29 is 9.59 Å². The van der Waals surface area contributed by atoms with E-state index in [9.17, 15) is 9.59 Å². The van der Waals surface area contributed by atoms with Crippen LogP contribution in [-0.4, -0.2) is 17.9 Å². The van der Waals surface area contributed by atoms with Crippen LogP contribution in [-0.2, 0) is 4.79 Å². The summed E-state index contributed by atoms with van der Waals surface area (Å²) in [5.74, 6) is -0.748. The van der Waals surface area contributed by atoms with Crippen LogP contribution in [0.4, 0.5) is 0 Å². The average molecular weight is 389 g/mol. The van der Waals surface area contributed by atoms with Crippen molar-refractivity contribution in [2.24, 2.45) is 5.73 Å². The molecule has 0 aliphatic heterocycles. The van der Waals surface area contributed by atoms with E-state index in [1.54, 1.807) is 0 Å². The zero-order valence-corrected chi connectivity index (χ0v) is 16.7. The highest BCUT2D eigenvalue weighted by molar-refractivity contribution is 6.18. The topological polar surface area (TPSA) is 72.2 Å². The maximum atomic E-state index is 13.2. The first-order chi connectivity index (χ1) is 14.1. The van der Waals surface area contributed by atoms with Gasteiger partial charge < -0.3 is 11.1 Å². The standard InChI is InChI=1S/C25H28N2O2/c1-2-3-4-5-6-7-16-22(24(26)28)27-25(29)23-20-14-10-8-12-18(20)17-19-13-9-11-15-21(19)23/h2,8-15,17,22H,1,3-7,16H2,(H2,26,28)(H,27,29)/t22-/m1/s1. The SMILES string of the molecule is C=CCCCCCC[C@@H](NC(=O)c1c2ccccc2cc2ccccc12)C(N)=O. The lowest BCUT2D eigenvalue weighted by atomic mass is 9.96. The molecular formula is C25H28N2O2. The molecule has 0 aliphatic carbocycles. The lowest BCUT2D eigenvalue weighted by molar-refractivity contribution is -0.120. The number of hydrogen-bond donors (Lipinski definition) is 2. The quantitative estimate of drug-likeness (QED) is 0.288. The van der Waals surface area contributed by atoms with Crippen LogP contribution in [0.2, 0.25) is 0 Å². The molecule has 3 N–H and O–H groups in total. The number of benzene rings is 3. The van der Waals surface area contributed by atoms with Crippen molar-refractivity contribution in [2.45, 2.75) is 44.6 Å². The van der Waals surface area contributed by atoms with E-state index in [2.05, 4.69) is 18.0 Å². The summed E-state index contributed by atoms with van der Waals surface area (Å²) < 4.78 is 0. The number of unbranched alkanes of at least 4 members (excludes halogenated alkanes) is 4. The van der Waals surface area contributed by atoms with Crippen molar-refractivity contribution >= 4 is 33.4 Å². The van der Waals surface area contributed by atoms with Crippen LogP contribution in [0.25, 0.3) is 21.5 Å². The zero-order valence-electron chi connectivity index (χ0n) is 16.7. The Bertz CT molecular complexity index is 972. The van der Waals surface area contributed by atoms with Crippen LogP contribution < -0.4 is 11.1 Å². The molecule has 29 heavy (non-hydrogen) atoms. The van der Waals surface area contributed by atoms with E-state index in [4.69, 9.17) is 5.73 Å². The molecule has 0 saturated heterocycles. The predicted molar refractivity (Wildman–Crippen MR) is 120 cm³/mol. The van der Waals surface area contributed by atoms with Crippen LogP contribution >= 0.6 is 0 Å². The lowest BCUT2D eigenvalue weighted by Crippen LogP contribution is -2.44. The first-order valence-electron chi connectivity index (χ1n) is 10.2. The number of amides is 2. The summed E-state index contributed by atoms with van der Waals surface area (Å²) in [6.45, 7) is 3.73. The number of nitrogens with one attached hydrogen (secondary N) is 1. The molecule has 1 atom stereocenters. The highest BCUT2D eigenvalue weighted by Gasteiger charge is 2.21. The Morgan fingerprint density at radius 3 is 2.10 bits per heavy atom. The van der Waals surface area contributed by atoms with Gasteiger partial charge in [-0.1, -0.05) is 73.9 Å². The van der Waals surface area contributed by atoms with Crippen LogP contribution in [0, 0.1) is 0 Å². The molecule has 4 heteroatoms. The molecular weight excluding hydrogens is 360 g/mol. The third-order valence-electron chi connectivity index (χ3n) is 5.30. The zero-order chi connectivity index (χ0) is 20.6. The summed E-state index contributed by atoms with van der Waals surface area (Å²) in [7, 11) is 0. The molecule has 3 rings (SSSR count). The fourth-order valence-electron chi connectivity index (χ4n) is 3.76. The lowest BCUT2D eigenvalue weighted by Gasteiger charge is -2.17. The van der Waals surface area contributed by atoms with Gasteiger partial charge in [-0.05, 0) is 46.9 Å². The molecule has 0 radical (unpaired) electrons. The Balaban J connectivity index is 1.81. The second-order valence-corrected chi connectivity index (χ2v) is 7.40. The Hall–Kier alpha value is -3.14. The second kappa shape index (κ2) is 9.87. The monoisotopic (exact) mass is 388 g/mol. The number of primary amides is 1. The van der Waals surface area contributed by atoms with Gasteiger partial charge in [0.1, 0.15) is 6.04 Å². The van der Waals surface area contributed by atoms with Crippen molar-refractivity contribution in [3.8, 4) is 0 Å². The number of allylic oxidation sites excluding steroid dienone is 1. The van der Waals surface area contributed by atoms with Gasteiger partial charge in [-0.2, -0.15) is 0 Å². The van der Waals surface area contributed by atoms with E-state index in [1.807, 2.05) is 54.6 Å². The third-order valence-corrected chi connectivity index (χ3v) is 5.30. The van der Waals surface area contributed by atoms with E-state index in [1.165, 1.54) is 0 Å². The molecule has 0 heterocycles. The van der Waals surface area contributed by atoms with Gasteiger partial charge in [0, 0.05) is 0 Å². The largest absolute Gasteiger partial charge is 0.368 e. The molecule has 0 fully saturated rings. The molecule has 0 unspecified atom stereocenters. The maximum Gasteiger partial charge on any atom is 0.253 e. The molecule has 0 bridgehead atoms. The van der Waals surface area contributed by atoms with Crippen molar-refractivity contribution in [1.82, 2.24) is 5.32 Å². The predicted octanol–water partition coefficient (Wildman–Crippen LogP) is 5.10. The van der Waals surface area contributed by atoms with E-state index >= 15 is 0 Å². The number of hydrogen-bond acceptors (Lipinski definition) is 2. The maximum absolute atomic E-state index is 13.2. The molecule has 3 aromatic rings. The fourth-order valence-corrected chi connectivity index (χ4v) is 3.76. The van der Waals surface area contributed by atoms with Gasteiger partial charge in [-0.25, -0.2) is 0 Å². The van der Waals surface area contributed by atoms with Gasteiger partial charge >= 0.3 is 0 Å². The Morgan fingerprint density at radius 1 is 0.931 bits per heavy atom. The molecule has 2 amide bonds. The first kappa shape index (κ1) is 20.6.